The van der Waals surface area contributed by atoms with Gasteiger partial charge in [-0.1, -0.05) is 18.5 Å². The summed E-state index contributed by atoms with van der Waals surface area (Å²) in [6, 6.07) is 2.01. The van der Waals surface area contributed by atoms with Crippen molar-refractivity contribution < 1.29 is 9.32 Å². The Labute approximate surface area is 119 Å². The minimum atomic E-state index is -0.0632. The summed E-state index contributed by atoms with van der Waals surface area (Å²) in [5.41, 5.74) is 5.84. The molecular formula is C14H24N4O2. The highest BCUT2D eigenvalue weighted by molar-refractivity contribution is 5.91. The number of nitrogens with one attached hydrogen (secondary N) is 1. The van der Waals surface area contributed by atoms with Crippen LogP contribution in [-0.4, -0.2) is 41.6 Å². The van der Waals surface area contributed by atoms with E-state index in [4.69, 9.17) is 10.3 Å². The van der Waals surface area contributed by atoms with Crippen molar-refractivity contribution in [2.45, 2.75) is 39.2 Å². The van der Waals surface area contributed by atoms with Crippen LogP contribution in [0.1, 0.15) is 31.9 Å². The predicted octanol–water partition coefficient (Wildman–Crippen LogP) is 1.37. The normalized spacial score (nSPS) is 23.8. The van der Waals surface area contributed by atoms with Crippen molar-refractivity contribution in [1.82, 2.24) is 10.1 Å². The van der Waals surface area contributed by atoms with Crippen LogP contribution in [0.5, 0.6) is 0 Å². The second-order valence-corrected chi connectivity index (χ2v) is 5.53. The lowest BCUT2D eigenvalue weighted by Crippen LogP contribution is -2.49. The lowest BCUT2D eigenvalue weighted by Gasteiger charge is -2.38. The summed E-state index contributed by atoms with van der Waals surface area (Å²) < 4.78 is 4.93. The van der Waals surface area contributed by atoms with Gasteiger partial charge in [0.1, 0.15) is 5.76 Å². The molecule has 1 fully saturated rings. The van der Waals surface area contributed by atoms with E-state index in [1.807, 2.05) is 0 Å². The first-order valence-corrected chi connectivity index (χ1v) is 7.29. The van der Waals surface area contributed by atoms with E-state index in [0.29, 0.717) is 30.7 Å². The first-order chi connectivity index (χ1) is 9.62. The van der Waals surface area contributed by atoms with E-state index in [9.17, 15) is 4.79 Å². The average Bonchev–Trinajstić information content (AvgIpc) is 2.84. The number of piperidine rings is 1. The summed E-state index contributed by atoms with van der Waals surface area (Å²) >= 11 is 0. The van der Waals surface area contributed by atoms with Gasteiger partial charge in [-0.3, -0.25) is 9.69 Å². The molecule has 2 atom stereocenters. The van der Waals surface area contributed by atoms with Gasteiger partial charge in [-0.05, 0) is 32.2 Å². The van der Waals surface area contributed by atoms with E-state index in [1.165, 1.54) is 6.42 Å². The van der Waals surface area contributed by atoms with Crippen molar-refractivity contribution in [3.8, 4) is 0 Å². The molecular weight excluding hydrogens is 256 g/mol. The molecule has 0 bridgehead atoms. The van der Waals surface area contributed by atoms with Crippen LogP contribution >= 0.6 is 0 Å². The molecule has 6 nitrogen and oxygen atoms in total. The molecule has 1 aromatic heterocycles. The van der Waals surface area contributed by atoms with Crippen LogP contribution in [0.15, 0.2) is 10.6 Å². The summed E-state index contributed by atoms with van der Waals surface area (Å²) in [5, 5.41) is 6.52. The van der Waals surface area contributed by atoms with Crippen molar-refractivity contribution in [2.24, 2.45) is 11.7 Å². The van der Waals surface area contributed by atoms with Gasteiger partial charge in [-0.15, -0.1) is 0 Å². The monoisotopic (exact) mass is 280 g/mol. The lowest BCUT2D eigenvalue weighted by molar-refractivity contribution is -0.118. The number of rotatable bonds is 5. The molecule has 3 N–H and O–H groups in total. The number of carbonyl (C=O) groups is 1. The van der Waals surface area contributed by atoms with Gasteiger partial charge in [-0.25, -0.2) is 0 Å². The Hall–Kier alpha value is -1.40. The van der Waals surface area contributed by atoms with Crippen molar-refractivity contribution in [2.75, 3.05) is 25.0 Å². The van der Waals surface area contributed by atoms with Gasteiger partial charge >= 0.3 is 0 Å². The first kappa shape index (κ1) is 15.0. The Morgan fingerprint density at radius 2 is 2.45 bits per heavy atom. The molecule has 112 valence electrons. The van der Waals surface area contributed by atoms with Crippen LogP contribution < -0.4 is 11.1 Å². The Bertz CT molecular complexity index is 446. The number of nitrogens with zero attached hydrogens (tertiary/aromatic N) is 2. The van der Waals surface area contributed by atoms with Crippen LogP contribution in [0.2, 0.25) is 0 Å². The third kappa shape index (κ3) is 3.80. The molecule has 2 unspecified atom stereocenters. The number of aromatic nitrogens is 1. The second kappa shape index (κ2) is 6.85. The van der Waals surface area contributed by atoms with E-state index < -0.39 is 0 Å². The maximum atomic E-state index is 12.0. The predicted molar refractivity (Wildman–Crippen MR) is 77.3 cm³/mol. The SMILES string of the molecule is CCC1CCN(CC(=O)Nc2cc(C)on2)C(CN)C1. The highest BCUT2D eigenvalue weighted by Gasteiger charge is 2.27. The maximum Gasteiger partial charge on any atom is 0.239 e. The van der Waals surface area contributed by atoms with Gasteiger partial charge in [0.2, 0.25) is 5.91 Å². The molecule has 2 rings (SSSR count). The molecule has 0 spiro atoms. The van der Waals surface area contributed by atoms with E-state index >= 15 is 0 Å². The van der Waals surface area contributed by atoms with Crippen LogP contribution in [0, 0.1) is 12.8 Å². The fourth-order valence-electron chi connectivity index (χ4n) is 2.80. The smallest absolute Gasteiger partial charge is 0.239 e. The lowest BCUT2D eigenvalue weighted by atomic mass is 9.89. The second-order valence-electron chi connectivity index (χ2n) is 5.53. The highest BCUT2D eigenvalue weighted by Crippen LogP contribution is 2.24. The number of likely N-dealkylation sites (tertiary alicyclic amines) is 1. The fraction of sp³-hybridized carbons (Fsp3) is 0.714. The minimum Gasteiger partial charge on any atom is -0.360 e. The zero-order chi connectivity index (χ0) is 14.5. The number of amides is 1. The summed E-state index contributed by atoms with van der Waals surface area (Å²) in [6.07, 6.45) is 3.42. The Kier molecular flexibility index (Phi) is 5.14. The number of aryl methyl sites for hydroxylation is 1. The van der Waals surface area contributed by atoms with E-state index in [1.54, 1.807) is 13.0 Å². The molecule has 6 heteroatoms. The molecule has 1 aromatic rings. The molecule has 20 heavy (non-hydrogen) atoms. The topological polar surface area (TPSA) is 84.4 Å². The standard InChI is InChI=1S/C14H24N4O2/c1-3-11-4-5-18(12(7-11)8-15)9-14(19)16-13-6-10(2)20-17-13/h6,11-12H,3-5,7-9,15H2,1-2H3,(H,16,17,19). The van der Waals surface area contributed by atoms with Gasteiger partial charge < -0.3 is 15.6 Å². The zero-order valence-corrected chi connectivity index (χ0v) is 12.3. The number of anilines is 1. The number of hydrogen-bond donors (Lipinski definition) is 2. The Balaban J connectivity index is 1.86. The van der Waals surface area contributed by atoms with Gasteiger partial charge in [0.25, 0.3) is 0 Å². The zero-order valence-electron chi connectivity index (χ0n) is 12.3. The Morgan fingerprint density at radius 1 is 1.65 bits per heavy atom. The molecule has 0 radical (unpaired) electrons. The maximum absolute atomic E-state index is 12.0. The van der Waals surface area contributed by atoms with Gasteiger partial charge in [0.05, 0.1) is 6.54 Å². The van der Waals surface area contributed by atoms with Crippen LogP contribution in [0.3, 0.4) is 0 Å². The van der Waals surface area contributed by atoms with Crippen molar-refractivity contribution in [1.29, 1.82) is 0 Å². The third-order valence-electron chi connectivity index (χ3n) is 4.04. The molecule has 1 aliphatic rings. The summed E-state index contributed by atoms with van der Waals surface area (Å²) in [7, 11) is 0. The van der Waals surface area contributed by atoms with Crippen molar-refractivity contribution >= 4 is 11.7 Å². The summed E-state index contributed by atoms with van der Waals surface area (Å²) in [6.45, 7) is 5.92. The molecule has 0 aromatic carbocycles. The van der Waals surface area contributed by atoms with Gasteiger partial charge in [0.15, 0.2) is 5.82 Å². The number of carbonyl (C=O) groups excluding carboxylic acids is 1. The van der Waals surface area contributed by atoms with Crippen molar-refractivity contribution in [3.05, 3.63) is 11.8 Å². The molecule has 2 heterocycles. The van der Waals surface area contributed by atoms with E-state index in [0.717, 1.165) is 25.3 Å². The summed E-state index contributed by atoms with van der Waals surface area (Å²) in [5.74, 6) is 1.83. The van der Waals surface area contributed by atoms with E-state index in [-0.39, 0.29) is 5.91 Å². The Morgan fingerprint density at radius 3 is 3.05 bits per heavy atom. The average molecular weight is 280 g/mol. The molecule has 0 saturated carbocycles. The largest absolute Gasteiger partial charge is 0.360 e. The quantitative estimate of drug-likeness (QED) is 0.851. The number of nitrogens with two attached hydrogens (primary N) is 1. The fourth-order valence-corrected chi connectivity index (χ4v) is 2.80. The minimum absolute atomic E-state index is 0.0632. The van der Waals surface area contributed by atoms with Crippen LogP contribution in [0.25, 0.3) is 0 Å². The molecule has 1 aliphatic heterocycles. The van der Waals surface area contributed by atoms with Crippen LogP contribution in [-0.2, 0) is 4.79 Å². The first-order valence-electron chi connectivity index (χ1n) is 7.29. The van der Waals surface area contributed by atoms with Crippen LogP contribution in [0.4, 0.5) is 5.82 Å². The third-order valence-corrected chi connectivity index (χ3v) is 4.04. The molecule has 1 saturated heterocycles. The molecule has 0 aliphatic carbocycles. The summed E-state index contributed by atoms with van der Waals surface area (Å²) in [4.78, 5) is 14.2. The van der Waals surface area contributed by atoms with Crippen molar-refractivity contribution in [3.63, 3.8) is 0 Å². The molecule has 1 amide bonds. The highest BCUT2D eigenvalue weighted by atomic mass is 16.5. The van der Waals surface area contributed by atoms with Gasteiger partial charge in [-0.2, -0.15) is 0 Å². The number of hydrogen-bond acceptors (Lipinski definition) is 5. The van der Waals surface area contributed by atoms with Gasteiger partial charge in [0, 0.05) is 18.7 Å². The van der Waals surface area contributed by atoms with E-state index in [2.05, 4.69) is 22.3 Å².